The number of phosphoric ester groups is 1. The van der Waals surface area contributed by atoms with Crippen molar-refractivity contribution in [3.8, 4) is 0 Å². The second kappa shape index (κ2) is 37.3. The van der Waals surface area contributed by atoms with E-state index in [1.807, 2.05) is 27.2 Å². The number of hydrogen-bond donors (Lipinski definition) is 3. The molecular weight excluding hydrogens is 695 g/mol. The van der Waals surface area contributed by atoms with Gasteiger partial charge in [0.2, 0.25) is 5.91 Å². The second-order valence-electron chi connectivity index (χ2n) is 16.4. The fourth-order valence-corrected chi connectivity index (χ4v) is 6.99. The van der Waals surface area contributed by atoms with E-state index in [-0.39, 0.29) is 19.1 Å². The van der Waals surface area contributed by atoms with E-state index in [1.54, 1.807) is 6.08 Å². The Morgan fingerprint density at radius 3 is 1.59 bits per heavy atom. The summed E-state index contributed by atoms with van der Waals surface area (Å²) >= 11 is 0. The molecule has 3 atom stereocenters. The largest absolute Gasteiger partial charge is 0.472 e. The van der Waals surface area contributed by atoms with Gasteiger partial charge in [-0.25, -0.2) is 4.57 Å². The average molecular weight is 784 g/mol. The number of unbranched alkanes of at least 4 members (excludes halogenated alkanes) is 23. The molecule has 0 aromatic carbocycles. The highest BCUT2D eigenvalue weighted by atomic mass is 31.2. The molecule has 9 heteroatoms. The maximum absolute atomic E-state index is 12.8. The molecule has 0 bridgehead atoms. The molecule has 0 spiro atoms. The smallest absolute Gasteiger partial charge is 0.387 e. The fourth-order valence-electron chi connectivity index (χ4n) is 6.25. The van der Waals surface area contributed by atoms with E-state index in [2.05, 4.69) is 43.5 Å². The molecule has 0 fully saturated rings. The normalized spacial score (nSPS) is 14.7. The lowest BCUT2D eigenvalue weighted by Crippen LogP contribution is -2.45. The quantitative estimate of drug-likeness (QED) is 0.0247. The van der Waals surface area contributed by atoms with Crippen molar-refractivity contribution in [3.05, 3.63) is 36.5 Å². The molecule has 0 rings (SSSR count). The van der Waals surface area contributed by atoms with Crippen LogP contribution in [0.3, 0.4) is 0 Å². The summed E-state index contributed by atoms with van der Waals surface area (Å²) < 4.78 is 23.5. The Hall–Kier alpha value is -1.28. The molecule has 3 N–H and O–H groups in total. The van der Waals surface area contributed by atoms with Gasteiger partial charge >= 0.3 is 7.82 Å². The first kappa shape index (κ1) is 52.7. The molecule has 0 aromatic rings. The third-order valence-electron chi connectivity index (χ3n) is 9.84. The molecule has 0 heterocycles. The van der Waals surface area contributed by atoms with Crippen molar-refractivity contribution in [3.63, 3.8) is 0 Å². The Kier molecular flexibility index (Phi) is 36.4. The second-order valence-corrected chi connectivity index (χ2v) is 17.9. The van der Waals surface area contributed by atoms with E-state index >= 15 is 0 Å². The summed E-state index contributed by atoms with van der Waals surface area (Å²) in [5.41, 5.74) is 0. The van der Waals surface area contributed by atoms with Crippen LogP contribution in [0.5, 0.6) is 0 Å². The van der Waals surface area contributed by atoms with Crippen LogP contribution in [-0.2, 0) is 18.4 Å². The van der Waals surface area contributed by atoms with E-state index in [0.717, 1.165) is 70.6 Å². The minimum absolute atomic E-state index is 0.0583. The molecule has 0 aliphatic carbocycles. The number of allylic oxidation sites excluding steroid dienone is 5. The number of nitrogens with zero attached hydrogens (tertiary/aromatic N) is 1. The van der Waals surface area contributed by atoms with Gasteiger partial charge < -0.3 is 19.8 Å². The number of aliphatic hydroxyl groups excluding tert-OH is 1. The van der Waals surface area contributed by atoms with Gasteiger partial charge in [0, 0.05) is 6.42 Å². The molecule has 318 valence electrons. The van der Waals surface area contributed by atoms with Crippen molar-refractivity contribution < 1.29 is 32.9 Å². The number of quaternary nitrogens is 1. The monoisotopic (exact) mass is 784 g/mol. The number of aliphatic hydroxyl groups is 1. The van der Waals surface area contributed by atoms with Crippen molar-refractivity contribution >= 4 is 13.7 Å². The number of amides is 1. The summed E-state index contributed by atoms with van der Waals surface area (Å²) in [6, 6.07) is -0.852. The molecule has 0 saturated carbocycles. The first-order chi connectivity index (χ1) is 26.0. The molecule has 0 radical (unpaired) electrons. The number of carbonyl (C=O) groups excluding carboxylic acids is 1. The number of hydrogen-bond acceptors (Lipinski definition) is 5. The Morgan fingerprint density at radius 1 is 0.630 bits per heavy atom. The van der Waals surface area contributed by atoms with Crippen LogP contribution in [0.1, 0.15) is 194 Å². The van der Waals surface area contributed by atoms with Crippen LogP contribution in [-0.4, -0.2) is 73.4 Å². The van der Waals surface area contributed by atoms with E-state index in [9.17, 15) is 19.4 Å². The lowest BCUT2D eigenvalue weighted by molar-refractivity contribution is -0.870. The van der Waals surface area contributed by atoms with Gasteiger partial charge in [-0.2, -0.15) is 0 Å². The first-order valence-corrected chi connectivity index (χ1v) is 23.9. The third-order valence-corrected chi connectivity index (χ3v) is 10.8. The highest BCUT2D eigenvalue weighted by Crippen LogP contribution is 2.43. The van der Waals surface area contributed by atoms with Gasteiger partial charge in [-0.05, 0) is 44.9 Å². The third kappa shape index (κ3) is 39.0. The van der Waals surface area contributed by atoms with Gasteiger partial charge in [-0.1, -0.05) is 179 Å². The van der Waals surface area contributed by atoms with Gasteiger partial charge in [0.25, 0.3) is 0 Å². The topological polar surface area (TPSA) is 105 Å². The average Bonchev–Trinajstić information content (AvgIpc) is 3.12. The van der Waals surface area contributed by atoms with Crippen LogP contribution in [0.2, 0.25) is 0 Å². The summed E-state index contributed by atoms with van der Waals surface area (Å²) in [5.74, 6) is -0.193. The highest BCUT2D eigenvalue weighted by Gasteiger charge is 2.27. The lowest BCUT2D eigenvalue weighted by atomic mass is 10.0. The van der Waals surface area contributed by atoms with Crippen LogP contribution in [0.25, 0.3) is 0 Å². The Balaban J connectivity index is 4.41. The van der Waals surface area contributed by atoms with Crippen molar-refractivity contribution in [2.24, 2.45) is 0 Å². The lowest BCUT2D eigenvalue weighted by Gasteiger charge is -2.25. The van der Waals surface area contributed by atoms with E-state index in [0.29, 0.717) is 17.4 Å². The molecule has 8 nitrogen and oxygen atoms in total. The Morgan fingerprint density at radius 2 is 1.09 bits per heavy atom. The van der Waals surface area contributed by atoms with Crippen molar-refractivity contribution in [2.75, 3.05) is 40.9 Å². The van der Waals surface area contributed by atoms with Crippen molar-refractivity contribution in [2.45, 2.75) is 206 Å². The number of phosphoric acid groups is 1. The van der Waals surface area contributed by atoms with Gasteiger partial charge in [-0.15, -0.1) is 0 Å². The van der Waals surface area contributed by atoms with Crippen LogP contribution in [0.15, 0.2) is 36.5 Å². The van der Waals surface area contributed by atoms with E-state index in [1.165, 1.54) is 103 Å². The SMILES string of the molecule is CCC/C=C\C/C=C\CCCCCCCC(=O)NC(COP(=O)(O)OCC[N+](C)(C)C)C(O)/C=C/CCCCCCCCCCCCCCCCCCC. The van der Waals surface area contributed by atoms with Gasteiger partial charge in [0.05, 0.1) is 39.9 Å². The standard InChI is InChI=1S/C45H87N2O6P/c1-6-8-10-12-14-16-18-20-21-22-23-24-25-27-28-30-32-34-36-38-44(48)43(42-53-54(50,51)52-41-40-47(3,4)5)46-45(49)39-37-35-33-31-29-26-19-17-15-13-11-9-7-2/h11,13,17,19,36,38,43-44,48H,6-10,12,14-16,18,20-35,37,39-42H2,1-5H3,(H-,46,49,50,51)/p+1/b13-11-,19-17-,38-36+. The first-order valence-electron chi connectivity index (χ1n) is 22.4. The van der Waals surface area contributed by atoms with E-state index < -0.39 is 20.0 Å². The summed E-state index contributed by atoms with van der Waals surface area (Å²) in [5, 5.41) is 13.8. The number of likely N-dealkylation sites (N-methyl/N-ethyl adjacent to an activating group) is 1. The molecule has 1 amide bonds. The van der Waals surface area contributed by atoms with Crippen molar-refractivity contribution in [1.29, 1.82) is 0 Å². The minimum atomic E-state index is -4.34. The van der Waals surface area contributed by atoms with Gasteiger partial charge in [0.1, 0.15) is 13.2 Å². The summed E-state index contributed by atoms with van der Waals surface area (Å²) in [6.07, 6.45) is 45.0. The number of carbonyl (C=O) groups is 1. The number of nitrogens with one attached hydrogen (secondary N) is 1. The van der Waals surface area contributed by atoms with Gasteiger partial charge in [0.15, 0.2) is 0 Å². The number of rotatable bonds is 40. The van der Waals surface area contributed by atoms with Crippen LogP contribution >= 0.6 is 7.82 Å². The zero-order valence-corrected chi connectivity index (χ0v) is 36.9. The molecule has 0 aliphatic rings. The maximum Gasteiger partial charge on any atom is 0.472 e. The minimum Gasteiger partial charge on any atom is -0.387 e. The molecule has 0 saturated heterocycles. The molecule has 54 heavy (non-hydrogen) atoms. The predicted octanol–water partition coefficient (Wildman–Crippen LogP) is 12.3. The Bertz CT molecular complexity index is 980. The summed E-state index contributed by atoms with van der Waals surface area (Å²) in [4.78, 5) is 23.1. The van der Waals surface area contributed by atoms with Crippen LogP contribution < -0.4 is 5.32 Å². The highest BCUT2D eigenvalue weighted by molar-refractivity contribution is 7.47. The summed E-state index contributed by atoms with van der Waals surface area (Å²) in [6.45, 7) is 4.74. The zero-order valence-electron chi connectivity index (χ0n) is 36.0. The zero-order chi connectivity index (χ0) is 40.0. The predicted molar refractivity (Wildman–Crippen MR) is 231 cm³/mol. The van der Waals surface area contributed by atoms with Crippen molar-refractivity contribution in [1.82, 2.24) is 5.32 Å². The fraction of sp³-hybridized carbons (Fsp3) is 0.844. The molecule has 0 aliphatic heterocycles. The molecule has 0 aromatic heterocycles. The van der Waals surface area contributed by atoms with Gasteiger partial charge in [-0.3, -0.25) is 13.8 Å². The molecule has 3 unspecified atom stereocenters. The maximum atomic E-state index is 12.8. The van der Waals surface area contributed by atoms with E-state index in [4.69, 9.17) is 9.05 Å². The van der Waals surface area contributed by atoms with Crippen LogP contribution in [0.4, 0.5) is 0 Å². The van der Waals surface area contributed by atoms with Crippen LogP contribution in [0, 0.1) is 0 Å². The Labute approximate surface area is 334 Å². The summed E-state index contributed by atoms with van der Waals surface area (Å²) in [7, 11) is 1.56. The molecular formula is C45H88N2O6P+.